The zero-order chi connectivity index (χ0) is 20.3. The van der Waals surface area contributed by atoms with Crippen LogP contribution in [-0.4, -0.2) is 34.8 Å². The third-order valence-electron chi connectivity index (χ3n) is 5.16. The van der Waals surface area contributed by atoms with Gasteiger partial charge < -0.3 is 10.2 Å². The second-order valence-electron chi connectivity index (χ2n) is 7.57. The van der Waals surface area contributed by atoms with Crippen LogP contribution in [0.3, 0.4) is 0 Å². The fourth-order valence-corrected chi connectivity index (χ4v) is 3.80. The van der Waals surface area contributed by atoms with Gasteiger partial charge in [-0.15, -0.1) is 0 Å². The second-order valence-corrected chi connectivity index (χ2v) is 8.93. The van der Waals surface area contributed by atoms with Crippen LogP contribution in [0.1, 0.15) is 32.3 Å². The Morgan fingerprint density at radius 1 is 1.21 bits per heavy atom. The van der Waals surface area contributed by atoms with Crippen molar-refractivity contribution in [3.05, 3.63) is 57.7 Å². The van der Waals surface area contributed by atoms with Gasteiger partial charge in [0.2, 0.25) is 11.8 Å². The number of carbonyl (C=O) groups is 2. The van der Waals surface area contributed by atoms with E-state index < -0.39 is 5.41 Å². The van der Waals surface area contributed by atoms with E-state index in [9.17, 15) is 9.59 Å². The molecule has 0 spiro atoms. The summed E-state index contributed by atoms with van der Waals surface area (Å²) in [5.74, 6) is 0.188. The molecule has 1 aromatic carbocycles. The number of hydrogen-bond acceptors (Lipinski definition) is 3. The molecular formula is C21H23BrClN3O2. The number of nitrogens with one attached hydrogen (secondary N) is 1. The van der Waals surface area contributed by atoms with Crippen LogP contribution < -0.4 is 5.32 Å². The summed E-state index contributed by atoms with van der Waals surface area (Å²) in [4.78, 5) is 31.9. The molecule has 1 unspecified atom stereocenters. The van der Waals surface area contributed by atoms with Crippen LogP contribution in [0.2, 0.25) is 5.02 Å². The summed E-state index contributed by atoms with van der Waals surface area (Å²) < 4.78 is 0.851. The normalized spacial score (nSPS) is 17.3. The molecule has 0 radical (unpaired) electrons. The summed E-state index contributed by atoms with van der Waals surface area (Å²) >= 11 is 9.30. The first-order valence-corrected chi connectivity index (χ1v) is 10.4. The van der Waals surface area contributed by atoms with Crippen molar-refractivity contribution in [1.82, 2.24) is 9.88 Å². The Morgan fingerprint density at radius 2 is 1.93 bits per heavy atom. The van der Waals surface area contributed by atoms with Gasteiger partial charge in [0.15, 0.2) is 0 Å². The van der Waals surface area contributed by atoms with Gasteiger partial charge in [-0.1, -0.05) is 23.7 Å². The molecule has 2 heterocycles. The van der Waals surface area contributed by atoms with E-state index in [2.05, 4.69) is 26.2 Å². The van der Waals surface area contributed by atoms with Gasteiger partial charge in [-0.2, -0.15) is 0 Å². The van der Waals surface area contributed by atoms with E-state index in [1.54, 1.807) is 29.3 Å². The summed E-state index contributed by atoms with van der Waals surface area (Å²) in [6, 6.07) is 10.9. The molecule has 2 amide bonds. The topological polar surface area (TPSA) is 62.3 Å². The number of rotatable bonds is 4. The highest BCUT2D eigenvalue weighted by atomic mass is 79.9. The predicted octanol–water partition coefficient (Wildman–Crippen LogP) is 4.65. The highest BCUT2D eigenvalue weighted by Gasteiger charge is 2.37. The molecule has 0 aliphatic carbocycles. The van der Waals surface area contributed by atoms with E-state index in [-0.39, 0.29) is 17.7 Å². The number of aromatic nitrogens is 1. The van der Waals surface area contributed by atoms with Crippen LogP contribution in [0.4, 0.5) is 5.82 Å². The molecule has 0 saturated carbocycles. The Bertz CT molecular complexity index is 853. The highest BCUT2D eigenvalue weighted by Crippen LogP contribution is 2.29. The number of carbonyl (C=O) groups excluding carboxylic acids is 2. The molecule has 1 aromatic heterocycles. The fraction of sp³-hybridized carbons (Fsp3) is 0.381. The molecule has 2 aromatic rings. The second kappa shape index (κ2) is 8.62. The Morgan fingerprint density at radius 3 is 2.57 bits per heavy atom. The van der Waals surface area contributed by atoms with Gasteiger partial charge >= 0.3 is 0 Å². The molecule has 1 fully saturated rings. The summed E-state index contributed by atoms with van der Waals surface area (Å²) in [6.45, 7) is 4.90. The van der Waals surface area contributed by atoms with Crippen molar-refractivity contribution in [2.75, 3.05) is 18.4 Å². The first-order chi connectivity index (χ1) is 13.3. The number of hydrogen-bond donors (Lipinski definition) is 1. The molecule has 3 rings (SSSR count). The Hall–Kier alpha value is -1.92. The molecule has 1 aliphatic heterocycles. The number of nitrogens with zero attached hydrogens (tertiary/aromatic N) is 2. The number of pyridine rings is 1. The van der Waals surface area contributed by atoms with Crippen molar-refractivity contribution in [1.29, 1.82) is 0 Å². The smallest absolute Gasteiger partial charge is 0.232 e. The Balaban J connectivity index is 1.68. The number of amides is 2. The lowest BCUT2D eigenvalue weighted by Crippen LogP contribution is -2.49. The molecule has 28 heavy (non-hydrogen) atoms. The SMILES string of the molecule is CC(C)(C(=O)N1CCCC(C(=O)Nc2ccc(Br)cn2)C1)c1ccc(Cl)cc1. The number of likely N-dealkylation sites (tertiary alicyclic amines) is 1. The number of piperidine rings is 1. The third kappa shape index (κ3) is 4.73. The summed E-state index contributed by atoms with van der Waals surface area (Å²) in [5.41, 5.74) is 0.225. The highest BCUT2D eigenvalue weighted by molar-refractivity contribution is 9.10. The zero-order valence-corrected chi connectivity index (χ0v) is 18.3. The first-order valence-electron chi connectivity index (χ1n) is 9.25. The van der Waals surface area contributed by atoms with Crippen molar-refractivity contribution in [3.63, 3.8) is 0 Å². The number of halogens is 2. The van der Waals surface area contributed by atoms with Gasteiger partial charge in [0.1, 0.15) is 5.82 Å². The Labute approximate surface area is 178 Å². The van der Waals surface area contributed by atoms with Crippen molar-refractivity contribution < 1.29 is 9.59 Å². The lowest BCUT2D eigenvalue weighted by Gasteiger charge is -2.37. The van der Waals surface area contributed by atoms with Crippen molar-refractivity contribution in [2.45, 2.75) is 32.1 Å². The van der Waals surface area contributed by atoms with Crippen LogP contribution in [-0.2, 0) is 15.0 Å². The van der Waals surface area contributed by atoms with E-state index in [0.29, 0.717) is 23.9 Å². The first kappa shape index (κ1) is 20.8. The van der Waals surface area contributed by atoms with Gasteiger partial charge in [-0.3, -0.25) is 9.59 Å². The predicted molar refractivity (Wildman–Crippen MR) is 114 cm³/mol. The fourth-order valence-electron chi connectivity index (χ4n) is 3.44. The number of benzene rings is 1. The van der Waals surface area contributed by atoms with Crippen LogP contribution in [0.15, 0.2) is 47.1 Å². The maximum atomic E-state index is 13.2. The molecule has 1 saturated heterocycles. The van der Waals surface area contributed by atoms with Gasteiger partial charge in [0.25, 0.3) is 0 Å². The van der Waals surface area contributed by atoms with Gasteiger partial charge in [-0.05, 0) is 72.4 Å². The van der Waals surface area contributed by atoms with Gasteiger partial charge in [-0.25, -0.2) is 4.98 Å². The molecule has 7 heteroatoms. The lowest BCUT2D eigenvalue weighted by molar-refractivity contribution is -0.139. The van der Waals surface area contributed by atoms with Crippen molar-refractivity contribution in [3.8, 4) is 0 Å². The van der Waals surface area contributed by atoms with Gasteiger partial charge in [0, 0.05) is 28.8 Å². The minimum Gasteiger partial charge on any atom is -0.341 e. The molecule has 1 atom stereocenters. The largest absolute Gasteiger partial charge is 0.341 e. The monoisotopic (exact) mass is 463 g/mol. The molecular weight excluding hydrogens is 442 g/mol. The van der Waals surface area contributed by atoms with E-state index in [4.69, 9.17) is 11.6 Å². The number of anilines is 1. The van der Waals surface area contributed by atoms with Crippen LogP contribution >= 0.6 is 27.5 Å². The summed E-state index contributed by atoms with van der Waals surface area (Å²) in [7, 11) is 0. The van der Waals surface area contributed by atoms with Crippen LogP contribution in [0.5, 0.6) is 0 Å². The van der Waals surface area contributed by atoms with E-state index in [0.717, 1.165) is 22.9 Å². The molecule has 5 nitrogen and oxygen atoms in total. The van der Waals surface area contributed by atoms with Gasteiger partial charge in [0.05, 0.1) is 11.3 Å². The molecule has 148 valence electrons. The van der Waals surface area contributed by atoms with Crippen LogP contribution in [0, 0.1) is 5.92 Å². The average Bonchev–Trinajstić information content (AvgIpc) is 2.69. The lowest BCUT2D eigenvalue weighted by atomic mass is 9.82. The Kier molecular flexibility index (Phi) is 6.40. The average molecular weight is 465 g/mol. The molecule has 0 bridgehead atoms. The third-order valence-corrected chi connectivity index (χ3v) is 5.88. The summed E-state index contributed by atoms with van der Waals surface area (Å²) in [5, 5.41) is 3.49. The quantitative estimate of drug-likeness (QED) is 0.716. The zero-order valence-electron chi connectivity index (χ0n) is 15.9. The van der Waals surface area contributed by atoms with E-state index >= 15 is 0 Å². The van der Waals surface area contributed by atoms with Crippen LogP contribution in [0.25, 0.3) is 0 Å². The minimum absolute atomic E-state index is 0.0223. The summed E-state index contributed by atoms with van der Waals surface area (Å²) in [6.07, 6.45) is 3.20. The van der Waals surface area contributed by atoms with Crippen molar-refractivity contribution in [2.24, 2.45) is 5.92 Å². The van der Waals surface area contributed by atoms with Crippen molar-refractivity contribution >= 4 is 45.2 Å². The molecule has 1 N–H and O–H groups in total. The standard InChI is InChI=1S/C21H23BrClN3O2/c1-21(2,15-5-8-17(23)9-6-15)20(28)26-11-3-4-14(13-26)19(27)25-18-10-7-16(22)12-24-18/h5-10,12,14H,3-4,11,13H2,1-2H3,(H,24,25,27). The minimum atomic E-state index is -0.684. The van der Waals surface area contributed by atoms with E-state index in [1.165, 1.54) is 0 Å². The maximum Gasteiger partial charge on any atom is 0.232 e. The van der Waals surface area contributed by atoms with E-state index in [1.807, 2.05) is 32.0 Å². The maximum absolute atomic E-state index is 13.2. The molecule has 1 aliphatic rings.